The molecule has 1 aromatic rings. The maximum atomic E-state index is 11.6. The average molecular weight is 243 g/mol. The number of sulfone groups is 1. The summed E-state index contributed by atoms with van der Waals surface area (Å²) in [6.07, 6.45) is 1.89. The van der Waals surface area contributed by atoms with E-state index in [1.165, 1.54) is 17.8 Å². The molecule has 0 fully saturated rings. The van der Waals surface area contributed by atoms with Crippen LogP contribution >= 0.6 is 11.8 Å². The largest absolute Gasteiger partial charge is 0.324 e. The van der Waals surface area contributed by atoms with Crippen molar-refractivity contribution < 1.29 is 13.2 Å². The first-order valence-corrected chi connectivity index (χ1v) is 7.11. The molecule has 0 saturated heterocycles. The molecule has 0 spiro atoms. The minimum Gasteiger partial charge on any atom is -0.324 e. The van der Waals surface area contributed by atoms with E-state index in [2.05, 4.69) is 5.32 Å². The van der Waals surface area contributed by atoms with Crippen molar-refractivity contribution in [2.45, 2.75) is 9.79 Å². The molecule has 0 saturated carbocycles. The maximum Gasteiger partial charge on any atom is 0.239 e. The van der Waals surface area contributed by atoms with Gasteiger partial charge in [-0.2, -0.15) is 0 Å². The lowest BCUT2D eigenvalue weighted by Gasteiger charge is -2.17. The zero-order chi connectivity index (χ0) is 11.1. The molecule has 80 valence electrons. The molecule has 1 N–H and O–H groups in total. The Morgan fingerprint density at radius 2 is 2.13 bits per heavy atom. The van der Waals surface area contributed by atoms with Crippen molar-refractivity contribution in [1.29, 1.82) is 0 Å². The Bertz CT molecular complexity index is 522. The van der Waals surface area contributed by atoms with Gasteiger partial charge in [0.05, 0.1) is 10.6 Å². The van der Waals surface area contributed by atoms with Gasteiger partial charge in [-0.05, 0) is 24.5 Å². The molecule has 1 heterocycles. The predicted molar refractivity (Wildman–Crippen MR) is 58.9 cm³/mol. The summed E-state index contributed by atoms with van der Waals surface area (Å²) in [7, 11) is -3.44. The van der Waals surface area contributed by atoms with Crippen molar-refractivity contribution in [3.05, 3.63) is 18.2 Å². The fraction of sp³-hybridized carbons (Fsp3) is 0.222. The number of carbonyl (C=O) groups is 1. The number of amides is 1. The second-order valence-electron chi connectivity index (χ2n) is 3.17. The molecule has 0 bridgehead atoms. The summed E-state index contributed by atoms with van der Waals surface area (Å²) in [6.45, 7) is 0. The molecule has 2 rings (SSSR count). The van der Waals surface area contributed by atoms with E-state index in [1.54, 1.807) is 12.1 Å². The minimum atomic E-state index is -3.44. The molecule has 1 amide bonds. The lowest BCUT2D eigenvalue weighted by atomic mass is 10.3. The predicted octanol–water partition coefficient (Wildman–Crippen LogP) is 1.13. The molecule has 0 aliphatic carbocycles. The van der Waals surface area contributed by atoms with Crippen molar-refractivity contribution in [1.82, 2.24) is 0 Å². The standard InChI is InChI=1S/C9H9NO3S2/c1-14-6-2-3-8-7(4-6)10-9(11)5-15(8,12)13/h2-4H,5H2,1H3,(H,10,11). The number of benzene rings is 1. The number of carbonyl (C=O) groups excluding carboxylic acids is 1. The molecular formula is C9H9NO3S2. The van der Waals surface area contributed by atoms with E-state index in [0.29, 0.717) is 5.69 Å². The van der Waals surface area contributed by atoms with Crippen LogP contribution in [0.2, 0.25) is 0 Å². The molecule has 0 radical (unpaired) electrons. The van der Waals surface area contributed by atoms with Gasteiger partial charge in [-0.15, -0.1) is 11.8 Å². The molecule has 1 aromatic carbocycles. The van der Waals surface area contributed by atoms with Gasteiger partial charge in [-0.1, -0.05) is 0 Å². The van der Waals surface area contributed by atoms with Gasteiger partial charge in [0, 0.05) is 4.90 Å². The van der Waals surface area contributed by atoms with Crippen molar-refractivity contribution in [2.24, 2.45) is 0 Å². The fourth-order valence-electron chi connectivity index (χ4n) is 1.44. The summed E-state index contributed by atoms with van der Waals surface area (Å²) in [5.74, 6) is -0.931. The van der Waals surface area contributed by atoms with E-state index in [0.717, 1.165) is 4.90 Å². The van der Waals surface area contributed by atoms with Gasteiger partial charge in [0.2, 0.25) is 5.91 Å². The Kier molecular flexibility index (Phi) is 2.47. The van der Waals surface area contributed by atoms with E-state index in [1.807, 2.05) is 6.26 Å². The quantitative estimate of drug-likeness (QED) is 0.751. The fourth-order valence-corrected chi connectivity index (χ4v) is 3.17. The summed E-state index contributed by atoms with van der Waals surface area (Å²) >= 11 is 1.50. The maximum absolute atomic E-state index is 11.6. The van der Waals surface area contributed by atoms with E-state index in [9.17, 15) is 13.2 Å². The highest BCUT2D eigenvalue weighted by Gasteiger charge is 2.28. The highest BCUT2D eigenvalue weighted by molar-refractivity contribution is 7.98. The Balaban J connectivity index is 2.62. The molecule has 15 heavy (non-hydrogen) atoms. The molecule has 0 aromatic heterocycles. The van der Waals surface area contributed by atoms with E-state index in [-0.39, 0.29) is 4.90 Å². The van der Waals surface area contributed by atoms with Crippen LogP contribution in [0.3, 0.4) is 0 Å². The summed E-state index contributed by atoms with van der Waals surface area (Å²) in [5, 5.41) is 2.56. The summed E-state index contributed by atoms with van der Waals surface area (Å²) in [4.78, 5) is 12.3. The van der Waals surface area contributed by atoms with Crippen LogP contribution in [0.5, 0.6) is 0 Å². The minimum absolute atomic E-state index is 0.208. The first kappa shape index (κ1) is 10.5. The lowest BCUT2D eigenvalue weighted by molar-refractivity contribution is -0.114. The van der Waals surface area contributed by atoms with Crippen molar-refractivity contribution in [3.8, 4) is 0 Å². The monoisotopic (exact) mass is 243 g/mol. The normalized spacial score (nSPS) is 18.1. The highest BCUT2D eigenvalue weighted by atomic mass is 32.2. The molecule has 0 unspecified atom stereocenters. The molecule has 0 atom stereocenters. The zero-order valence-corrected chi connectivity index (χ0v) is 9.61. The molecule has 1 aliphatic rings. The van der Waals surface area contributed by atoms with Crippen molar-refractivity contribution in [3.63, 3.8) is 0 Å². The van der Waals surface area contributed by atoms with Gasteiger partial charge in [0.25, 0.3) is 0 Å². The molecule has 6 heteroatoms. The van der Waals surface area contributed by atoms with Crippen molar-refractivity contribution >= 4 is 33.2 Å². The molecule has 4 nitrogen and oxygen atoms in total. The van der Waals surface area contributed by atoms with Crippen LogP contribution in [0.4, 0.5) is 5.69 Å². The van der Waals surface area contributed by atoms with Gasteiger partial charge < -0.3 is 5.32 Å². The summed E-state index contributed by atoms with van der Waals surface area (Å²) in [6, 6.07) is 4.95. The van der Waals surface area contributed by atoms with Gasteiger partial charge in [-0.3, -0.25) is 4.79 Å². The topological polar surface area (TPSA) is 63.2 Å². The van der Waals surface area contributed by atoms with Crippen LogP contribution in [-0.2, 0) is 14.6 Å². The number of thioether (sulfide) groups is 1. The van der Waals surface area contributed by atoms with Crippen LogP contribution in [0.25, 0.3) is 0 Å². The number of hydrogen-bond donors (Lipinski definition) is 1. The van der Waals surface area contributed by atoms with E-state index >= 15 is 0 Å². The van der Waals surface area contributed by atoms with E-state index in [4.69, 9.17) is 0 Å². The van der Waals surface area contributed by atoms with Crippen molar-refractivity contribution in [2.75, 3.05) is 17.3 Å². The summed E-state index contributed by atoms with van der Waals surface area (Å²) in [5.41, 5.74) is 0.387. The van der Waals surface area contributed by atoms with E-state index < -0.39 is 21.5 Å². The van der Waals surface area contributed by atoms with Crippen LogP contribution in [0, 0.1) is 0 Å². The van der Waals surface area contributed by atoms with Gasteiger partial charge >= 0.3 is 0 Å². The number of hydrogen-bond acceptors (Lipinski definition) is 4. The number of rotatable bonds is 1. The highest BCUT2D eigenvalue weighted by Crippen LogP contribution is 2.30. The molecular weight excluding hydrogens is 234 g/mol. The second kappa shape index (κ2) is 3.53. The zero-order valence-electron chi connectivity index (χ0n) is 7.98. The first-order valence-electron chi connectivity index (χ1n) is 4.23. The Morgan fingerprint density at radius 3 is 2.80 bits per heavy atom. The van der Waals surface area contributed by atoms with Gasteiger partial charge in [0.15, 0.2) is 9.84 Å². The number of fused-ring (bicyclic) bond motifs is 1. The second-order valence-corrected chi connectivity index (χ2v) is 6.01. The third-order valence-corrected chi connectivity index (χ3v) is 4.51. The third kappa shape index (κ3) is 1.87. The van der Waals surface area contributed by atoms with Crippen LogP contribution in [0.15, 0.2) is 28.0 Å². The van der Waals surface area contributed by atoms with Crippen LogP contribution < -0.4 is 5.32 Å². The van der Waals surface area contributed by atoms with Crippen LogP contribution in [-0.4, -0.2) is 26.3 Å². The molecule has 1 aliphatic heterocycles. The SMILES string of the molecule is CSc1ccc2c(c1)NC(=O)CS2(=O)=O. The van der Waals surface area contributed by atoms with Gasteiger partial charge in [-0.25, -0.2) is 8.42 Å². The Labute approximate surface area is 92.0 Å². The lowest BCUT2D eigenvalue weighted by Crippen LogP contribution is -2.29. The number of anilines is 1. The average Bonchev–Trinajstić information content (AvgIpc) is 2.15. The van der Waals surface area contributed by atoms with Gasteiger partial charge in [0.1, 0.15) is 5.75 Å². The van der Waals surface area contributed by atoms with Crippen LogP contribution in [0.1, 0.15) is 0 Å². The first-order chi connectivity index (χ1) is 7.03. The Morgan fingerprint density at radius 1 is 1.40 bits per heavy atom. The number of nitrogens with one attached hydrogen (secondary N) is 1. The Hall–Kier alpha value is -1.01. The smallest absolute Gasteiger partial charge is 0.239 e. The summed E-state index contributed by atoms with van der Waals surface area (Å²) < 4.78 is 23.2. The third-order valence-electron chi connectivity index (χ3n) is 2.12.